The maximum absolute atomic E-state index is 11.3. The highest BCUT2D eigenvalue weighted by Gasteiger charge is 2.42. The van der Waals surface area contributed by atoms with Crippen LogP contribution in [0.15, 0.2) is 0 Å². The molecule has 0 spiro atoms. The third-order valence-electron chi connectivity index (χ3n) is 1.71. The number of urea groups is 1. The van der Waals surface area contributed by atoms with Crippen molar-refractivity contribution in [1.29, 1.82) is 0 Å². The molecule has 0 atom stereocenters. The average Bonchev–Trinajstić information content (AvgIpc) is 2.31. The number of carbonyl (C=O) groups excluding carboxylic acids is 3. The Kier molecular flexibility index (Phi) is 2.92. The van der Waals surface area contributed by atoms with Crippen LogP contribution >= 0.6 is 11.8 Å². The van der Waals surface area contributed by atoms with Crippen LogP contribution in [0.4, 0.5) is 4.79 Å². The number of imide groups is 2. The zero-order chi connectivity index (χ0) is 10.0. The molecule has 0 saturated carbocycles. The van der Waals surface area contributed by atoms with Gasteiger partial charge in [-0.15, -0.1) is 11.8 Å². The molecule has 1 aliphatic heterocycles. The predicted octanol–water partition coefficient (Wildman–Crippen LogP) is 0.118. The fraction of sp³-hybridized carbons (Fsp3) is 0.571. The van der Waals surface area contributed by atoms with Gasteiger partial charge in [-0.2, -0.15) is 0 Å². The normalized spacial score (nSPS) is 17.5. The summed E-state index contributed by atoms with van der Waals surface area (Å²) in [7, 11) is 0. The maximum atomic E-state index is 11.3. The quantitative estimate of drug-likeness (QED) is 0.481. The van der Waals surface area contributed by atoms with Gasteiger partial charge in [0, 0.05) is 6.54 Å². The molecule has 0 N–H and O–H groups in total. The van der Waals surface area contributed by atoms with Crippen LogP contribution < -0.4 is 0 Å². The molecule has 1 heterocycles. The molecule has 0 radical (unpaired) electrons. The lowest BCUT2D eigenvalue weighted by atomic mass is 10.5. The second kappa shape index (κ2) is 3.78. The lowest BCUT2D eigenvalue weighted by molar-refractivity contribution is -0.142. The summed E-state index contributed by atoms with van der Waals surface area (Å²) in [5.41, 5.74) is 0. The van der Waals surface area contributed by atoms with Gasteiger partial charge in [0.25, 0.3) is 0 Å². The number of carbonyl (C=O) groups is 3. The Balaban J connectivity index is 2.85. The van der Waals surface area contributed by atoms with Crippen LogP contribution in [0.2, 0.25) is 0 Å². The monoisotopic (exact) mass is 202 g/mol. The van der Waals surface area contributed by atoms with Gasteiger partial charge >= 0.3 is 17.8 Å². The van der Waals surface area contributed by atoms with Gasteiger partial charge in [0.05, 0.1) is 5.88 Å². The van der Waals surface area contributed by atoms with E-state index >= 15 is 0 Å². The van der Waals surface area contributed by atoms with Crippen molar-refractivity contribution in [1.82, 2.24) is 9.80 Å². The van der Waals surface area contributed by atoms with E-state index in [1.165, 1.54) is 11.8 Å². The van der Waals surface area contributed by atoms with E-state index in [0.717, 1.165) is 9.80 Å². The molecule has 1 saturated heterocycles. The summed E-state index contributed by atoms with van der Waals surface area (Å²) in [6.45, 7) is 1.90. The standard InChI is InChI=1S/C7H10N2O3S/c1-3-8-5(10)6(11)9(4-13-2)7(8)12/h3-4H2,1-2H3. The molecule has 0 aromatic rings. The highest BCUT2D eigenvalue weighted by Crippen LogP contribution is 2.13. The fourth-order valence-electron chi connectivity index (χ4n) is 1.07. The van der Waals surface area contributed by atoms with Crippen molar-refractivity contribution in [2.45, 2.75) is 6.92 Å². The van der Waals surface area contributed by atoms with E-state index in [9.17, 15) is 14.4 Å². The lowest BCUT2D eigenvalue weighted by Gasteiger charge is -2.11. The van der Waals surface area contributed by atoms with Gasteiger partial charge in [0.15, 0.2) is 0 Å². The molecule has 0 aromatic heterocycles. The molecule has 0 aliphatic carbocycles. The summed E-state index contributed by atoms with van der Waals surface area (Å²) in [4.78, 5) is 35.6. The topological polar surface area (TPSA) is 57.7 Å². The Morgan fingerprint density at radius 2 is 1.69 bits per heavy atom. The van der Waals surface area contributed by atoms with Crippen molar-refractivity contribution in [3.63, 3.8) is 0 Å². The van der Waals surface area contributed by atoms with Crippen LogP contribution in [0, 0.1) is 0 Å². The second-order valence-electron chi connectivity index (χ2n) is 2.48. The van der Waals surface area contributed by atoms with Crippen molar-refractivity contribution in [3.8, 4) is 0 Å². The van der Waals surface area contributed by atoms with Crippen molar-refractivity contribution in [2.24, 2.45) is 0 Å². The van der Waals surface area contributed by atoms with Crippen LogP contribution in [0.5, 0.6) is 0 Å². The Morgan fingerprint density at radius 1 is 1.15 bits per heavy atom. The third-order valence-corrected chi connectivity index (χ3v) is 2.23. The number of amides is 4. The minimum Gasteiger partial charge on any atom is -0.263 e. The number of likely N-dealkylation sites (N-methyl/N-ethyl adjacent to an activating group) is 1. The van der Waals surface area contributed by atoms with E-state index in [4.69, 9.17) is 0 Å². The Labute approximate surface area is 80.1 Å². The molecule has 0 bridgehead atoms. The fourth-order valence-corrected chi connectivity index (χ4v) is 1.56. The molecule has 4 amide bonds. The smallest absolute Gasteiger partial charge is 0.263 e. The molecular weight excluding hydrogens is 192 g/mol. The van der Waals surface area contributed by atoms with E-state index in [2.05, 4.69) is 0 Å². The number of rotatable bonds is 3. The summed E-state index contributed by atoms with van der Waals surface area (Å²) < 4.78 is 0. The number of hydrogen-bond donors (Lipinski definition) is 0. The van der Waals surface area contributed by atoms with Gasteiger partial charge < -0.3 is 0 Å². The predicted molar refractivity (Wildman–Crippen MR) is 48.0 cm³/mol. The van der Waals surface area contributed by atoms with E-state index in [-0.39, 0.29) is 12.4 Å². The molecule has 5 nitrogen and oxygen atoms in total. The molecular formula is C7H10N2O3S. The van der Waals surface area contributed by atoms with Crippen molar-refractivity contribution < 1.29 is 14.4 Å². The molecule has 1 aliphatic rings. The molecule has 1 rings (SSSR count). The summed E-state index contributed by atoms with van der Waals surface area (Å²) in [5.74, 6) is -1.21. The first-order chi connectivity index (χ1) is 6.13. The third kappa shape index (κ3) is 1.53. The van der Waals surface area contributed by atoms with Gasteiger partial charge in [-0.3, -0.25) is 14.5 Å². The summed E-state index contributed by atoms with van der Waals surface area (Å²) in [6, 6.07) is -0.508. The summed E-state index contributed by atoms with van der Waals surface area (Å²) in [6.07, 6.45) is 1.76. The van der Waals surface area contributed by atoms with Gasteiger partial charge in [-0.1, -0.05) is 0 Å². The first kappa shape index (κ1) is 10.0. The van der Waals surface area contributed by atoms with Crippen LogP contribution in [0.1, 0.15) is 6.92 Å². The number of nitrogens with zero attached hydrogens (tertiary/aromatic N) is 2. The molecule has 1 fully saturated rings. The largest absolute Gasteiger partial charge is 0.334 e. The van der Waals surface area contributed by atoms with Crippen molar-refractivity contribution >= 4 is 29.6 Å². The van der Waals surface area contributed by atoms with Gasteiger partial charge in [0.2, 0.25) is 0 Å². The first-order valence-corrected chi connectivity index (χ1v) is 5.19. The zero-order valence-corrected chi connectivity index (χ0v) is 8.26. The molecule has 13 heavy (non-hydrogen) atoms. The van der Waals surface area contributed by atoms with Gasteiger partial charge in [0.1, 0.15) is 0 Å². The SMILES string of the molecule is CCN1C(=O)C(=O)N(CSC)C1=O. The average molecular weight is 202 g/mol. The van der Waals surface area contributed by atoms with Crippen LogP contribution in [-0.4, -0.2) is 46.3 Å². The van der Waals surface area contributed by atoms with Gasteiger partial charge in [-0.05, 0) is 13.2 Å². The summed E-state index contributed by atoms with van der Waals surface area (Å²) in [5, 5.41) is 0. The molecule has 6 heteroatoms. The maximum Gasteiger partial charge on any atom is 0.334 e. The molecule has 0 aromatic carbocycles. The first-order valence-electron chi connectivity index (χ1n) is 3.79. The van der Waals surface area contributed by atoms with Crippen LogP contribution in [0.3, 0.4) is 0 Å². The Morgan fingerprint density at radius 3 is 2.08 bits per heavy atom. The van der Waals surface area contributed by atoms with E-state index < -0.39 is 17.8 Å². The lowest BCUT2D eigenvalue weighted by Crippen LogP contribution is -2.32. The van der Waals surface area contributed by atoms with E-state index in [0.29, 0.717) is 0 Å². The van der Waals surface area contributed by atoms with Crippen molar-refractivity contribution in [3.05, 3.63) is 0 Å². The zero-order valence-electron chi connectivity index (χ0n) is 7.44. The minimum atomic E-state index is -0.721. The Hall–Kier alpha value is -1.04. The number of hydrogen-bond acceptors (Lipinski definition) is 4. The highest BCUT2D eigenvalue weighted by atomic mass is 32.2. The Bertz CT molecular complexity index is 266. The van der Waals surface area contributed by atoms with Crippen molar-refractivity contribution in [2.75, 3.05) is 18.7 Å². The van der Waals surface area contributed by atoms with E-state index in [1.807, 2.05) is 0 Å². The molecule has 72 valence electrons. The van der Waals surface area contributed by atoms with Gasteiger partial charge in [-0.25, -0.2) is 9.69 Å². The second-order valence-corrected chi connectivity index (χ2v) is 3.32. The van der Waals surface area contributed by atoms with E-state index in [1.54, 1.807) is 13.2 Å². The van der Waals surface area contributed by atoms with Crippen LogP contribution in [0.25, 0.3) is 0 Å². The highest BCUT2D eigenvalue weighted by molar-refractivity contribution is 7.98. The van der Waals surface area contributed by atoms with Crippen LogP contribution in [-0.2, 0) is 9.59 Å². The summed E-state index contributed by atoms with van der Waals surface area (Å²) >= 11 is 1.33. The minimum absolute atomic E-state index is 0.236. The number of thioether (sulfide) groups is 1. The molecule has 0 unspecified atom stereocenters.